The minimum absolute atomic E-state index is 0.113. The van der Waals surface area contributed by atoms with Crippen LogP contribution in [0.5, 0.6) is 0 Å². The van der Waals surface area contributed by atoms with Crippen molar-refractivity contribution in [1.82, 2.24) is 0 Å². The van der Waals surface area contributed by atoms with Gasteiger partial charge in [0.1, 0.15) is 0 Å². The Morgan fingerprint density at radius 3 is 2.29 bits per heavy atom. The van der Waals surface area contributed by atoms with E-state index in [4.69, 9.17) is 5.41 Å². The van der Waals surface area contributed by atoms with Crippen LogP contribution in [-0.2, 0) is 11.2 Å². The summed E-state index contributed by atoms with van der Waals surface area (Å²) in [6.07, 6.45) is 0.255. The van der Waals surface area contributed by atoms with Gasteiger partial charge in [0, 0.05) is 12.0 Å². The van der Waals surface area contributed by atoms with Crippen LogP contribution in [-0.4, -0.2) is 17.3 Å². The molecule has 0 aliphatic heterocycles. The van der Waals surface area contributed by atoms with Gasteiger partial charge in [0.05, 0.1) is 5.71 Å². The first-order valence-corrected chi connectivity index (χ1v) is 5.35. The smallest absolute Gasteiger partial charge is 0.247 e. The van der Waals surface area contributed by atoms with Crippen molar-refractivity contribution >= 4 is 28.1 Å². The lowest BCUT2D eigenvalue weighted by atomic mass is 9.86. The molecule has 1 N–H and O–H groups in total. The van der Waals surface area contributed by atoms with Crippen molar-refractivity contribution < 1.29 is 9.59 Å². The molecule has 2 aromatic rings. The lowest BCUT2D eigenvalue weighted by Crippen LogP contribution is -2.31. The van der Waals surface area contributed by atoms with E-state index in [-0.39, 0.29) is 12.1 Å². The van der Waals surface area contributed by atoms with Crippen LogP contribution in [0.3, 0.4) is 0 Å². The predicted octanol–water partition coefficient (Wildman–Crippen LogP) is 2.17. The molecule has 82 valence electrons. The molecule has 0 saturated heterocycles. The van der Waals surface area contributed by atoms with Gasteiger partial charge in [0.15, 0.2) is 0 Å². The van der Waals surface area contributed by atoms with Gasteiger partial charge in [-0.3, -0.25) is 9.59 Å². The Hall–Kier alpha value is -2.29. The first-order valence-electron chi connectivity index (χ1n) is 5.35. The summed E-state index contributed by atoms with van der Waals surface area (Å²) in [5.74, 6) is -1.23. The van der Waals surface area contributed by atoms with E-state index >= 15 is 0 Å². The summed E-state index contributed by atoms with van der Waals surface area (Å²) in [5.41, 5.74) is 1.11. The van der Waals surface area contributed by atoms with Crippen LogP contribution in [0.4, 0.5) is 0 Å². The highest BCUT2D eigenvalue weighted by Crippen LogP contribution is 2.24. The maximum atomic E-state index is 11.8. The number of nitrogens with one attached hydrogen (secondary N) is 1. The number of fused-ring (bicyclic) bond motifs is 2. The molecule has 1 aliphatic rings. The molecule has 0 bridgehead atoms. The second-order valence-corrected chi connectivity index (χ2v) is 4.17. The van der Waals surface area contributed by atoms with Gasteiger partial charge in [0.25, 0.3) is 0 Å². The molecule has 0 radical (unpaired) electrons. The van der Waals surface area contributed by atoms with Crippen molar-refractivity contribution in [3.05, 3.63) is 47.5 Å². The highest BCUT2D eigenvalue weighted by molar-refractivity contribution is 6.69. The Balaban J connectivity index is 2.32. The first-order chi connectivity index (χ1) is 8.16. The summed E-state index contributed by atoms with van der Waals surface area (Å²) in [6, 6.07) is 11.3. The second-order valence-electron chi connectivity index (χ2n) is 4.17. The largest absolute Gasteiger partial charge is 0.301 e. The topological polar surface area (TPSA) is 58.0 Å². The molecule has 3 rings (SSSR count). The van der Waals surface area contributed by atoms with Crippen molar-refractivity contribution in [2.24, 2.45) is 0 Å². The molecule has 0 saturated carbocycles. The van der Waals surface area contributed by atoms with Gasteiger partial charge in [-0.15, -0.1) is 0 Å². The molecule has 17 heavy (non-hydrogen) atoms. The molecule has 0 spiro atoms. The number of carbonyl (C=O) groups is 2. The summed E-state index contributed by atoms with van der Waals surface area (Å²) >= 11 is 0. The number of ketones is 2. The number of rotatable bonds is 0. The zero-order valence-electron chi connectivity index (χ0n) is 8.99. The average Bonchev–Trinajstić information content (AvgIpc) is 2.34. The molecule has 0 atom stereocenters. The number of hydrogen-bond acceptors (Lipinski definition) is 3. The van der Waals surface area contributed by atoms with E-state index in [1.54, 1.807) is 6.07 Å². The number of hydrogen-bond donors (Lipinski definition) is 1. The van der Waals surface area contributed by atoms with Crippen LogP contribution in [0.25, 0.3) is 10.8 Å². The number of Topliss-reactive ketones (excluding diaryl/α,β-unsaturated/α-hetero) is 2. The van der Waals surface area contributed by atoms with Gasteiger partial charge in [0.2, 0.25) is 11.6 Å². The third-order valence-electron chi connectivity index (χ3n) is 3.06. The van der Waals surface area contributed by atoms with Crippen molar-refractivity contribution in [2.45, 2.75) is 6.42 Å². The molecule has 0 aromatic heterocycles. The summed E-state index contributed by atoms with van der Waals surface area (Å²) in [4.78, 5) is 23.2. The Morgan fingerprint density at radius 1 is 0.941 bits per heavy atom. The van der Waals surface area contributed by atoms with Crippen LogP contribution in [0, 0.1) is 5.41 Å². The van der Waals surface area contributed by atoms with Gasteiger partial charge in [-0.25, -0.2) is 0 Å². The Bertz CT molecular complexity index is 686. The maximum Gasteiger partial charge on any atom is 0.247 e. The molecule has 0 heterocycles. The third kappa shape index (κ3) is 1.40. The second kappa shape index (κ2) is 3.35. The van der Waals surface area contributed by atoms with E-state index in [9.17, 15) is 9.59 Å². The number of carbonyl (C=O) groups excluding carboxylic acids is 2. The van der Waals surface area contributed by atoms with Crippen LogP contribution in [0.2, 0.25) is 0 Å². The van der Waals surface area contributed by atoms with Crippen LogP contribution in [0.15, 0.2) is 36.4 Å². The minimum Gasteiger partial charge on any atom is -0.301 e. The SMILES string of the molecule is N=C1Cc2cc3ccccc3cc2C(=O)C1=O. The summed E-state index contributed by atoms with van der Waals surface area (Å²) < 4.78 is 0. The van der Waals surface area contributed by atoms with Gasteiger partial charge in [-0.1, -0.05) is 30.3 Å². The quantitative estimate of drug-likeness (QED) is 0.696. The lowest BCUT2D eigenvalue weighted by molar-refractivity contribution is -0.109. The standard InChI is InChI=1S/C14H9NO2/c15-12-7-10-5-8-3-1-2-4-9(8)6-11(10)13(16)14(12)17/h1-6,15H,7H2. The highest BCUT2D eigenvalue weighted by atomic mass is 16.2. The molecule has 3 heteroatoms. The van der Waals surface area contributed by atoms with Gasteiger partial charge < -0.3 is 5.41 Å². The van der Waals surface area contributed by atoms with E-state index in [0.29, 0.717) is 5.56 Å². The van der Waals surface area contributed by atoms with Crippen molar-refractivity contribution in [3.63, 3.8) is 0 Å². The fraction of sp³-hybridized carbons (Fsp3) is 0.0714. The first kappa shape index (κ1) is 9.90. The number of benzene rings is 2. The third-order valence-corrected chi connectivity index (χ3v) is 3.06. The fourth-order valence-corrected chi connectivity index (χ4v) is 2.18. The summed E-state index contributed by atoms with van der Waals surface area (Å²) in [7, 11) is 0. The van der Waals surface area contributed by atoms with Crippen LogP contribution in [0.1, 0.15) is 15.9 Å². The maximum absolute atomic E-state index is 11.8. The monoisotopic (exact) mass is 223 g/mol. The van der Waals surface area contributed by atoms with Crippen LogP contribution < -0.4 is 0 Å². The van der Waals surface area contributed by atoms with Gasteiger partial charge in [-0.05, 0) is 22.4 Å². The zero-order valence-corrected chi connectivity index (χ0v) is 8.99. The average molecular weight is 223 g/mol. The molecule has 2 aromatic carbocycles. The highest BCUT2D eigenvalue weighted by Gasteiger charge is 2.29. The molecule has 1 aliphatic carbocycles. The fourth-order valence-electron chi connectivity index (χ4n) is 2.18. The molecular weight excluding hydrogens is 214 g/mol. The van der Waals surface area contributed by atoms with Crippen molar-refractivity contribution in [1.29, 1.82) is 5.41 Å². The molecule has 0 fully saturated rings. The molecular formula is C14H9NO2. The van der Waals surface area contributed by atoms with E-state index < -0.39 is 11.6 Å². The normalized spacial score (nSPS) is 15.2. The van der Waals surface area contributed by atoms with Crippen molar-refractivity contribution in [3.8, 4) is 0 Å². The van der Waals surface area contributed by atoms with E-state index in [0.717, 1.165) is 16.3 Å². The summed E-state index contributed by atoms with van der Waals surface area (Å²) in [6.45, 7) is 0. The predicted molar refractivity (Wildman–Crippen MR) is 64.7 cm³/mol. The molecule has 0 amide bonds. The Labute approximate surface area is 97.6 Å². The van der Waals surface area contributed by atoms with Gasteiger partial charge >= 0.3 is 0 Å². The van der Waals surface area contributed by atoms with Crippen molar-refractivity contribution in [2.75, 3.05) is 0 Å². The lowest BCUT2D eigenvalue weighted by Gasteiger charge is -2.15. The summed E-state index contributed by atoms with van der Waals surface area (Å²) in [5, 5.41) is 9.47. The Kier molecular flexibility index (Phi) is 1.95. The van der Waals surface area contributed by atoms with Crippen LogP contribution >= 0.6 is 0 Å². The molecule has 0 unspecified atom stereocenters. The van der Waals surface area contributed by atoms with E-state index in [1.165, 1.54) is 0 Å². The van der Waals surface area contributed by atoms with E-state index in [2.05, 4.69) is 0 Å². The molecule has 3 nitrogen and oxygen atoms in total. The zero-order chi connectivity index (χ0) is 12.0. The minimum atomic E-state index is -0.673. The Morgan fingerprint density at radius 2 is 1.59 bits per heavy atom. The van der Waals surface area contributed by atoms with E-state index in [1.807, 2.05) is 30.3 Å². The van der Waals surface area contributed by atoms with Gasteiger partial charge in [-0.2, -0.15) is 0 Å².